The van der Waals surface area contributed by atoms with Gasteiger partial charge in [-0.3, -0.25) is 9.36 Å². The maximum Gasteiger partial charge on any atom is 0.338 e. The molecule has 1 aliphatic heterocycles. The fourth-order valence-electron chi connectivity index (χ4n) is 4.04. The number of hydrogen-bond acceptors (Lipinski definition) is 7. The van der Waals surface area contributed by atoms with Crippen molar-refractivity contribution >= 4 is 35.0 Å². The summed E-state index contributed by atoms with van der Waals surface area (Å²) in [7, 11) is 1.30. The lowest BCUT2D eigenvalue weighted by atomic mass is 9.96. The molecule has 2 aromatic heterocycles. The molecule has 0 aliphatic carbocycles. The van der Waals surface area contributed by atoms with E-state index < -0.39 is 17.8 Å². The fourth-order valence-corrected chi connectivity index (χ4v) is 5.24. The van der Waals surface area contributed by atoms with Crippen molar-refractivity contribution in [1.29, 1.82) is 0 Å². The number of allylic oxidation sites excluding steroid dienone is 1. The Hall–Kier alpha value is -3.95. The summed E-state index contributed by atoms with van der Waals surface area (Å²) in [5, 5.41) is -0.0348. The highest BCUT2D eigenvalue weighted by molar-refractivity contribution is 7.07. The zero-order chi connectivity index (χ0) is 26.1. The van der Waals surface area contributed by atoms with Crippen LogP contribution in [0.5, 0.6) is 5.75 Å². The van der Waals surface area contributed by atoms with Crippen molar-refractivity contribution in [3.8, 4) is 5.75 Å². The van der Waals surface area contributed by atoms with E-state index in [0.717, 1.165) is 5.56 Å². The van der Waals surface area contributed by atoms with Crippen molar-refractivity contribution in [2.24, 2.45) is 4.99 Å². The molecule has 0 radical (unpaired) electrons. The first-order chi connectivity index (χ1) is 17.9. The Morgan fingerprint density at radius 3 is 2.73 bits per heavy atom. The number of furan rings is 1. The van der Waals surface area contributed by atoms with Gasteiger partial charge < -0.3 is 13.9 Å². The van der Waals surface area contributed by atoms with Crippen molar-refractivity contribution in [3.63, 3.8) is 0 Å². The number of benzene rings is 2. The third-order valence-corrected chi connectivity index (χ3v) is 7.04. The topological polar surface area (TPSA) is 83.0 Å². The number of halogens is 2. The number of carbonyl (C=O) groups excluding carboxylic acids is 1. The van der Waals surface area contributed by atoms with Crippen LogP contribution in [0, 0.1) is 5.82 Å². The summed E-state index contributed by atoms with van der Waals surface area (Å²) in [6.45, 7) is 1.82. The minimum Gasteiger partial charge on any atom is -0.486 e. The number of thiazole rings is 1. The van der Waals surface area contributed by atoms with Gasteiger partial charge in [0.05, 0.1) is 34.0 Å². The van der Waals surface area contributed by atoms with Gasteiger partial charge >= 0.3 is 5.97 Å². The lowest BCUT2D eigenvalue weighted by Crippen LogP contribution is -2.39. The fraction of sp³-hybridized carbons (Fsp3) is 0.148. The smallest absolute Gasteiger partial charge is 0.338 e. The number of nitrogens with zero attached hydrogens (tertiary/aromatic N) is 2. The van der Waals surface area contributed by atoms with Crippen molar-refractivity contribution in [1.82, 2.24) is 4.57 Å². The van der Waals surface area contributed by atoms with Crippen LogP contribution in [0.1, 0.15) is 30.0 Å². The molecule has 4 aromatic rings. The second-order valence-corrected chi connectivity index (χ2v) is 9.57. The summed E-state index contributed by atoms with van der Waals surface area (Å²) in [6, 6.07) is 16.1. The van der Waals surface area contributed by atoms with E-state index in [2.05, 4.69) is 4.99 Å². The summed E-state index contributed by atoms with van der Waals surface area (Å²) in [5.74, 6) is 0.281. The molecule has 0 fully saturated rings. The van der Waals surface area contributed by atoms with Crippen LogP contribution < -0.4 is 19.6 Å². The Labute approximate surface area is 219 Å². The largest absolute Gasteiger partial charge is 0.486 e. The van der Waals surface area contributed by atoms with E-state index in [1.54, 1.807) is 25.1 Å². The number of aromatic nitrogens is 1. The van der Waals surface area contributed by atoms with Gasteiger partial charge in [0.15, 0.2) is 4.80 Å². The Balaban J connectivity index is 1.49. The summed E-state index contributed by atoms with van der Waals surface area (Å²) in [4.78, 5) is 31.2. The van der Waals surface area contributed by atoms with Gasteiger partial charge in [-0.15, -0.1) is 0 Å². The Morgan fingerprint density at radius 2 is 2.00 bits per heavy atom. The van der Waals surface area contributed by atoms with Gasteiger partial charge in [-0.1, -0.05) is 53.3 Å². The molecule has 7 nitrogen and oxygen atoms in total. The molecular formula is C27H20ClFN2O5S. The molecule has 0 amide bonds. The van der Waals surface area contributed by atoms with Crippen LogP contribution in [-0.2, 0) is 16.1 Å². The Bertz CT molecular complexity index is 1700. The minimum atomic E-state index is -0.671. The molecule has 2 aromatic carbocycles. The number of esters is 1. The predicted molar refractivity (Wildman–Crippen MR) is 137 cm³/mol. The number of methoxy groups -OCH3 is 1. The average Bonchev–Trinajstić information content (AvgIpc) is 3.47. The summed E-state index contributed by atoms with van der Waals surface area (Å²) < 4.78 is 31.7. The lowest BCUT2D eigenvalue weighted by Gasteiger charge is -2.24. The molecule has 37 heavy (non-hydrogen) atoms. The van der Waals surface area contributed by atoms with E-state index >= 15 is 0 Å². The number of ether oxygens (including phenoxy) is 2. The van der Waals surface area contributed by atoms with Gasteiger partial charge in [-0.2, -0.15) is 0 Å². The highest BCUT2D eigenvalue weighted by Crippen LogP contribution is 2.30. The molecule has 0 N–H and O–H groups in total. The zero-order valence-electron chi connectivity index (χ0n) is 19.7. The molecule has 0 unspecified atom stereocenters. The van der Waals surface area contributed by atoms with Gasteiger partial charge in [-0.05, 0) is 36.8 Å². The van der Waals surface area contributed by atoms with Crippen molar-refractivity contribution in [2.75, 3.05) is 7.11 Å². The van der Waals surface area contributed by atoms with Gasteiger partial charge in [0.2, 0.25) is 0 Å². The number of carbonyl (C=O) groups is 1. The van der Waals surface area contributed by atoms with E-state index in [0.29, 0.717) is 37.9 Å². The predicted octanol–water partition coefficient (Wildman–Crippen LogP) is 4.37. The molecule has 1 atom stereocenters. The van der Waals surface area contributed by atoms with E-state index in [1.165, 1.54) is 41.2 Å². The second kappa shape index (κ2) is 10.2. The van der Waals surface area contributed by atoms with Crippen molar-refractivity contribution < 1.29 is 23.1 Å². The van der Waals surface area contributed by atoms with E-state index in [4.69, 9.17) is 25.5 Å². The monoisotopic (exact) mass is 538 g/mol. The average molecular weight is 539 g/mol. The first-order valence-corrected chi connectivity index (χ1v) is 12.4. The molecular weight excluding hydrogens is 519 g/mol. The highest BCUT2D eigenvalue weighted by atomic mass is 35.5. The zero-order valence-corrected chi connectivity index (χ0v) is 21.3. The number of hydrogen-bond donors (Lipinski definition) is 0. The summed E-state index contributed by atoms with van der Waals surface area (Å²) >= 11 is 6.99. The SMILES string of the molecule is COC(=O)C1=C(C)N=c2sc(=Cc3ccc(COc4ccc(F)c(Cl)c4)o3)c(=O)n2[C@H]1c1ccccc1. The van der Waals surface area contributed by atoms with E-state index in [-0.39, 0.29) is 17.2 Å². The number of fused-ring (bicyclic) bond motifs is 1. The van der Waals surface area contributed by atoms with Crippen LogP contribution in [0.25, 0.3) is 6.08 Å². The van der Waals surface area contributed by atoms with Gasteiger partial charge in [0.1, 0.15) is 29.7 Å². The quantitative estimate of drug-likeness (QED) is 0.340. The van der Waals surface area contributed by atoms with Crippen LogP contribution in [-0.4, -0.2) is 17.6 Å². The van der Waals surface area contributed by atoms with Crippen LogP contribution in [0.15, 0.2) is 86.1 Å². The Morgan fingerprint density at radius 1 is 1.22 bits per heavy atom. The molecule has 188 valence electrons. The second-order valence-electron chi connectivity index (χ2n) is 8.15. The molecule has 3 heterocycles. The molecule has 0 bridgehead atoms. The lowest BCUT2D eigenvalue weighted by molar-refractivity contribution is -0.136. The van der Waals surface area contributed by atoms with Crippen molar-refractivity contribution in [2.45, 2.75) is 19.6 Å². The third-order valence-electron chi connectivity index (χ3n) is 5.77. The standard InChI is InChI=1S/C27H20ClFN2O5S/c1-15-23(26(33)34-2)24(16-6-4-3-5-7-16)31-25(32)22(37-27(31)30-15)13-18-8-9-19(36-18)14-35-17-10-11-21(29)20(28)12-17/h3-13,24H,14H2,1-2H3/t24-/m0/s1. The van der Waals surface area contributed by atoms with E-state index in [9.17, 15) is 14.0 Å². The van der Waals surface area contributed by atoms with Gasteiger partial charge in [0.25, 0.3) is 5.56 Å². The molecule has 0 saturated heterocycles. The van der Waals surface area contributed by atoms with Crippen LogP contribution >= 0.6 is 22.9 Å². The molecule has 5 rings (SSSR count). The van der Waals surface area contributed by atoms with Crippen LogP contribution in [0.3, 0.4) is 0 Å². The first kappa shape index (κ1) is 24.7. The van der Waals surface area contributed by atoms with Crippen LogP contribution in [0.4, 0.5) is 4.39 Å². The van der Waals surface area contributed by atoms with Gasteiger partial charge in [-0.25, -0.2) is 14.2 Å². The summed E-state index contributed by atoms with van der Waals surface area (Å²) in [6.07, 6.45) is 1.63. The Kier molecular flexibility index (Phi) is 6.82. The van der Waals surface area contributed by atoms with Crippen molar-refractivity contribution in [3.05, 3.63) is 120 Å². The van der Waals surface area contributed by atoms with Gasteiger partial charge in [0, 0.05) is 12.1 Å². The number of rotatable bonds is 6. The third kappa shape index (κ3) is 4.87. The molecule has 0 spiro atoms. The minimum absolute atomic E-state index is 0.0348. The highest BCUT2D eigenvalue weighted by Gasteiger charge is 2.32. The normalized spacial score (nSPS) is 15.4. The molecule has 0 saturated carbocycles. The molecule has 10 heteroatoms. The van der Waals surface area contributed by atoms with Crippen LogP contribution in [0.2, 0.25) is 5.02 Å². The maximum atomic E-state index is 13.5. The van der Waals surface area contributed by atoms with E-state index in [1.807, 2.05) is 30.3 Å². The first-order valence-electron chi connectivity index (χ1n) is 11.2. The summed E-state index contributed by atoms with van der Waals surface area (Å²) in [5.41, 5.74) is 1.27. The molecule has 1 aliphatic rings. The maximum absolute atomic E-state index is 13.5.